The zero-order chi connectivity index (χ0) is 11.8. The van der Waals surface area contributed by atoms with E-state index in [1.807, 2.05) is 0 Å². The Kier molecular flexibility index (Phi) is 7.06. The highest BCUT2D eigenvalue weighted by Gasteiger charge is 2.28. The molecule has 1 aliphatic rings. The van der Waals surface area contributed by atoms with Crippen molar-refractivity contribution < 1.29 is 5.11 Å². The molecule has 0 heterocycles. The van der Waals surface area contributed by atoms with Gasteiger partial charge in [0.25, 0.3) is 0 Å². The molecule has 2 atom stereocenters. The van der Waals surface area contributed by atoms with Crippen molar-refractivity contribution in [3.63, 3.8) is 0 Å². The van der Waals surface area contributed by atoms with Crippen molar-refractivity contribution in [3.05, 3.63) is 0 Å². The van der Waals surface area contributed by atoms with Crippen LogP contribution >= 0.6 is 0 Å². The first-order valence-corrected chi connectivity index (χ1v) is 7.14. The maximum atomic E-state index is 8.85. The second-order valence-electron chi connectivity index (χ2n) is 5.30. The number of rotatable bonds is 8. The quantitative estimate of drug-likeness (QED) is 0.644. The Labute approximate surface area is 101 Å². The Morgan fingerprint density at radius 3 is 2.44 bits per heavy atom. The molecule has 0 aromatic carbocycles. The molecule has 0 bridgehead atoms. The molecule has 0 aromatic rings. The van der Waals surface area contributed by atoms with E-state index in [-0.39, 0.29) is 0 Å². The molecular weight excluding hydrogens is 198 g/mol. The Hall–Kier alpha value is -0.0800. The lowest BCUT2D eigenvalue weighted by atomic mass is 10.0. The Morgan fingerprint density at radius 1 is 1.12 bits per heavy atom. The van der Waals surface area contributed by atoms with Gasteiger partial charge in [-0.25, -0.2) is 0 Å². The van der Waals surface area contributed by atoms with Crippen LogP contribution in [-0.4, -0.2) is 35.7 Å². The second-order valence-corrected chi connectivity index (χ2v) is 5.30. The molecule has 1 saturated carbocycles. The van der Waals surface area contributed by atoms with Gasteiger partial charge in [-0.05, 0) is 51.1 Å². The first kappa shape index (κ1) is 14.0. The second kappa shape index (κ2) is 8.08. The number of aliphatic hydroxyl groups excluding tert-OH is 1. The first-order valence-electron chi connectivity index (χ1n) is 7.14. The van der Waals surface area contributed by atoms with Crippen molar-refractivity contribution in [1.82, 2.24) is 4.90 Å². The number of nitrogens with zero attached hydrogens (tertiary/aromatic N) is 1. The maximum absolute atomic E-state index is 8.85. The fourth-order valence-electron chi connectivity index (χ4n) is 2.90. The number of unbranched alkanes of at least 4 members (excludes halogenated alkanes) is 2. The van der Waals surface area contributed by atoms with Crippen LogP contribution in [0.3, 0.4) is 0 Å². The Balaban J connectivity index is 2.35. The van der Waals surface area contributed by atoms with Crippen LogP contribution in [-0.2, 0) is 0 Å². The predicted molar refractivity (Wildman–Crippen MR) is 69.6 cm³/mol. The van der Waals surface area contributed by atoms with Gasteiger partial charge >= 0.3 is 0 Å². The van der Waals surface area contributed by atoms with E-state index in [9.17, 15) is 0 Å². The third kappa shape index (κ3) is 4.42. The summed E-state index contributed by atoms with van der Waals surface area (Å²) in [4.78, 5) is 2.69. The van der Waals surface area contributed by atoms with Gasteiger partial charge in [0, 0.05) is 12.6 Å². The molecule has 1 aliphatic carbocycles. The minimum absolute atomic E-state index is 0.349. The average Bonchev–Trinajstić information content (AvgIpc) is 2.70. The molecule has 0 radical (unpaired) electrons. The smallest absolute Gasteiger partial charge is 0.0431 e. The van der Waals surface area contributed by atoms with Gasteiger partial charge in [0.2, 0.25) is 0 Å². The fraction of sp³-hybridized carbons (Fsp3) is 1.00. The predicted octanol–water partition coefficient (Wildman–Crippen LogP) is 3.05. The molecule has 1 rings (SSSR count). The van der Waals surface area contributed by atoms with E-state index in [4.69, 9.17) is 5.11 Å². The van der Waals surface area contributed by atoms with Gasteiger partial charge in [-0.1, -0.05) is 26.7 Å². The van der Waals surface area contributed by atoms with E-state index in [0.29, 0.717) is 6.61 Å². The van der Waals surface area contributed by atoms with Crippen molar-refractivity contribution in [2.75, 3.05) is 19.7 Å². The zero-order valence-electron chi connectivity index (χ0n) is 11.1. The van der Waals surface area contributed by atoms with E-state index >= 15 is 0 Å². The summed E-state index contributed by atoms with van der Waals surface area (Å²) in [6, 6.07) is 0.824. The van der Waals surface area contributed by atoms with Crippen LogP contribution in [0.5, 0.6) is 0 Å². The van der Waals surface area contributed by atoms with Gasteiger partial charge < -0.3 is 10.0 Å². The fourth-order valence-corrected chi connectivity index (χ4v) is 2.90. The van der Waals surface area contributed by atoms with Gasteiger partial charge in [-0.2, -0.15) is 0 Å². The molecular formula is C14H29NO. The molecule has 1 N–H and O–H groups in total. The molecule has 16 heavy (non-hydrogen) atoms. The third-order valence-electron chi connectivity index (χ3n) is 3.94. The highest BCUT2D eigenvalue weighted by molar-refractivity contribution is 4.82. The van der Waals surface area contributed by atoms with Gasteiger partial charge in [0.15, 0.2) is 0 Å². The van der Waals surface area contributed by atoms with Crippen LogP contribution in [0.25, 0.3) is 0 Å². The third-order valence-corrected chi connectivity index (χ3v) is 3.94. The van der Waals surface area contributed by atoms with E-state index in [0.717, 1.165) is 24.8 Å². The normalized spacial score (nSPS) is 25.5. The van der Waals surface area contributed by atoms with E-state index in [1.54, 1.807) is 0 Å². The number of hydrogen-bond donors (Lipinski definition) is 1. The summed E-state index contributed by atoms with van der Waals surface area (Å²) in [5, 5.41) is 8.85. The Morgan fingerprint density at radius 2 is 1.88 bits per heavy atom. The standard InChI is InChI=1S/C14H29NO/c1-3-4-10-15(11-5-6-12-16)14-9-7-8-13(14)2/h13-14,16H,3-12H2,1-2H3. The molecule has 1 fully saturated rings. The average molecular weight is 227 g/mol. The van der Waals surface area contributed by atoms with Gasteiger partial charge in [-0.3, -0.25) is 0 Å². The summed E-state index contributed by atoms with van der Waals surface area (Å²) >= 11 is 0. The van der Waals surface area contributed by atoms with Gasteiger partial charge in [-0.15, -0.1) is 0 Å². The minimum atomic E-state index is 0.349. The van der Waals surface area contributed by atoms with Crippen molar-refractivity contribution in [1.29, 1.82) is 0 Å². The van der Waals surface area contributed by atoms with Crippen molar-refractivity contribution in [2.45, 2.75) is 64.8 Å². The SMILES string of the molecule is CCCCN(CCCCO)C1CCCC1C. The molecule has 0 saturated heterocycles. The summed E-state index contributed by atoms with van der Waals surface area (Å²) < 4.78 is 0. The zero-order valence-corrected chi connectivity index (χ0v) is 11.1. The lowest BCUT2D eigenvalue weighted by Crippen LogP contribution is -2.38. The molecule has 2 heteroatoms. The first-order chi connectivity index (χ1) is 7.79. The van der Waals surface area contributed by atoms with Crippen LogP contribution < -0.4 is 0 Å². The van der Waals surface area contributed by atoms with Crippen LogP contribution in [0.15, 0.2) is 0 Å². The van der Waals surface area contributed by atoms with Gasteiger partial charge in [0.05, 0.1) is 0 Å². The lowest BCUT2D eigenvalue weighted by Gasteiger charge is -2.31. The van der Waals surface area contributed by atoms with Gasteiger partial charge in [0.1, 0.15) is 0 Å². The van der Waals surface area contributed by atoms with Crippen LogP contribution in [0.2, 0.25) is 0 Å². The molecule has 96 valence electrons. The molecule has 0 aliphatic heterocycles. The Bertz CT molecular complexity index is 172. The summed E-state index contributed by atoms with van der Waals surface area (Å²) in [5.74, 6) is 0.881. The summed E-state index contributed by atoms with van der Waals surface area (Å²) in [6.45, 7) is 7.47. The van der Waals surface area contributed by atoms with Crippen LogP contribution in [0, 0.1) is 5.92 Å². The largest absolute Gasteiger partial charge is 0.396 e. The van der Waals surface area contributed by atoms with Crippen LogP contribution in [0.4, 0.5) is 0 Å². The molecule has 0 spiro atoms. The summed E-state index contributed by atoms with van der Waals surface area (Å²) in [7, 11) is 0. The van der Waals surface area contributed by atoms with Crippen LogP contribution in [0.1, 0.15) is 58.8 Å². The maximum Gasteiger partial charge on any atom is 0.0431 e. The number of hydrogen-bond acceptors (Lipinski definition) is 2. The molecule has 2 nitrogen and oxygen atoms in total. The summed E-state index contributed by atoms with van der Waals surface area (Å²) in [5.41, 5.74) is 0. The summed E-state index contributed by atoms with van der Waals surface area (Å²) in [6.07, 6.45) is 8.94. The van der Waals surface area contributed by atoms with Crippen molar-refractivity contribution >= 4 is 0 Å². The minimum Gasteiger partial charge on any atom is -0.396 e. The van der Waals surface area contributed by atoms with Crippen molar-refractivity contribution in [3.8, 4) is 0 Å². The van der Waals surface area contributed by atoms with E-state index in [2.05, 4.69) is 18.7 Å². The monoisotopic (exact) mass is 227 g/mol. The lowest BCUT2D eigenvalue weighted by molar-refractivity contribution is 0.156. The number of aliphatic hydroxyl groups is 1. The molecule has 2 unspecified atom stereocenters. The molecule has 0 aromatic heterocycles. The molecule has 0 amide bonds. The van der Waals surface area contributed by atoms with E-state index < -0.39 is 0 Å². The highest BCUT2D eigenvalue weighted by atomic mass is 16.2. The van der Waals surface area contributed by atoms with Crippen molar-refractivity contribution in [2.24, 2.45) is 5.92 Å². The van der Waals surface area contributed by atoms with E-state index in [1.165, 1.54) is 45.2 Å². The topological polar surface area (TPSA) is 23.5 Å². The highest BCUT2D eigenvalue weighted by Crippen LogP contribution is 2.29.